The summed E-state index contributed by atoms with van der Waals surface area (Å²) in [6.07, 6.45) is 0. The normalized spacial score (nSPS) is 22.2. The summed E-state index contributed by atoms with van der Waals surface area (Å²) < 4.78 is 23.0. The molecule has 0 saturated carbocycles. The van der Waals surface area contributed by atoms with Gasteiger partial charge in [0.05, 0.1) is 11.5 Å². The molecular formula is C12H17N3O3S. The Morgan fingerprint density at radius 1 is 1.47 bits per heavy atom. The van der Waals surface area contributed by atoms with Gasteiger partial charge in [-0.25, -0.2) is 13.4 Å². The van der Waals surface area contributed by atoms with Gasteiger partial charge in [0.2, 0.25) is 0 Å². The zero-order chi connectivity index (χ0) is 14.2. The molecule has 2 N–H and O–H groups in total. The Bertz CT molecular complexity index is 592. The fraction of sp³-hybridized carbons (Fsp3) is 0.500. The number of amides is 1. The highest BCUT2D eigenvalue weighted by molar-refractivity contribution is 7.91. The number of nitrogen functional groups attached to an aromatic ring is 1. The standard InChI is InChI=1S/C12H17N3O3S/c1-8-5-10(6-11(13)14-8)12(16)15-3-4-19(17,18)7-9(15)2/h5-6,9H,3-4,7H2,1-2H3,(H2,13,14). The Balaban J connectivity index is 2.25. The maximum Gasteiger partial charge on any atom is 0.254 e. The zero-order valence-electron chi connectivity index (χ0n) is 11.0. The number of aromatic nitrogens is 1. The van der Waals surface area contributed by atoms with Crippen LogP contribution in [0.2, 0.25) is 0 Å². The molecule has 1 aliphatic heterocycles. The van der Waals surface area contributed by atoms with Gasteiger partial charge in [-0.3, -0.25) is 4.79 Å². The number of anilines is 1. The first kappa shape index (κ1) is 13.8. The summed E-state index contributed by atoms with van der Waals surface area (Å²) in [4.78, 5) is 18.0. The quantitative estimate of drug-likeness (QED) is 0.796. The number of hydrogen-bond acceptors (Lipinski definition) is 5. The summed E-state index contributed by atoms with van der Waals surface area (Å²) in [5, 5.41) is 0. The van der Waals surface area contributed by atoms with E-state index in [2.05, 4.69) is 4.98 Å². The average Bonchev–Trinajstić information content (AvgIpc) is 2.25. The van der Waals surface area contributed by atoms with E-state index in [-0.39, 0.29) is 30.0 Å². The molecule has 1 saturated heterocycles. The van der Waals surface area contributed by atoms with E-state index in [0.717, 1.165) is 0 Å². The lowest BCUT2D eigenvalue weighted by Crippen LogP contribution is -2.49. The van der Waals surface area contributed by atoms with Crippen molar-refractivity contribution in [2.75, 3.05) is 23.8 Å². The predicted molar refractivity (Wildman–Crippen MR) is 72.5 cm³/mol. The highest BCUT2D eigenvalue weighted by Gasteiger charge is 2.31. The summed E-state index contributed by atoms with van der Waals surface area (Å²) in [6, 6.07) is 2.86. The van der Waals surface area contributed by atoms with Crippen molar-refractivity contribution in [1.82, 2.24) is 9.88 Å². The van der Waals surface area contributed by atoms with Gasteiger partial charge in [0.25, 0.3) is 5.91 Å². The fourth-order valence-corrected chi connectivity index (χ4v) is 3.84. The van der Waals surface area contributed by atoms with Crippen molar-refractivity contribution < 1.29 is 13.2 Å². The van der Waals surface area contributed by atoms with Crippen LogP contribution in [-0.2, 0) is 9.84 Å². The van der Waals surface area contributed by atoms with Crippen molar-refractivity contribution in [2.24, 2.45) is 0 Å². The molecule has 104 valence electrons. The molecule has 6 nitrogen and oxygen atoms in total. The second-order valence-corrected chi connectivity index (χ2v) is 7.11. The Morgan fingerprint density at radius 2 is 2.16 bits per heavy atom. The van der Waals surface area contributed by atoms with Crippen molar-refractivity contribution in [3.05, 3.63) is 23.4 Å². The molecule has 1 aromatic rings. The van der Waals surface area contributed by atoms with Gasteiger partial charge in [-0.1, -0.05) is 0 Å². The average molecular weight is 283 g/mol. The van der Waals surface area contributed by atoms with Crippen molar-refractivity contribution >= 4 is 21.6 Å². The molecule has 7 heteroatoms. The molecule has 0 radical (unpaired) electrons. The zero-order valence-corrected chi connectivity index (χ0v) is 11.8. The van der Waals surface area contributed by atoms with Crippen LogP contribution in [-0.4, -0.2) is 48.3 Å². The molecule has 1 aliphatic rings. The van der Waals surface area contributed by atoms with Crippen LogP contribution in [0.25, 0.3) is 0 Å². The molecule has 0 bridgehead atoms. The van der Waals surface area contributed by atoms with Crippen molar-refractivity contribution in [3.63, 3.8) is 0 Å². The number of carbonyl (C=O) groups excluding carboxylic acids is 1. The highest BCUT2D eigenvalue weighted by Crippen LogP contribution is 2.17. The molecule has 0 aliphatic carbocycles. The van der Waals surface area contributed by atoms with E-state index >= 15 is 0 Å². The topological polar surface area (TPSA) is 93.4 Å². The summed E-state index contributed by atoms with van der Waals surface area (Å²) in [5.41, 5.74) is 6.75. The minimum absolute atomic E-state index is 0.0122. The Labute approximate surface area is 112 Å². The van der Waals surface area contributed by atoms with Crippen molar-refractivity contribution in [1.29, 1.82) is 0 Å². The van der Waals surface area contributed by atoms with Crippen LogP contribution >= 0.6 is 0 Å². The molecule has 1 amide bonds. The van der Waals surface area contributed by atoms with E-state index in [9.17, 15) is 13.2 Å². The summed E-state index contributed by atoms with van der Waals surface area (Å²) in [5.74, 6) is 0.126. The highest BCUT2D eigenvalue weighted by atomic mass is 32.2. The third kappa shape index (κ3) is 3.04. The first-order valence-corrected chi connectivity index (χ1v) is 7.86. The summed E-state index contributed by atoms with van der Waals surface area (Å²) in [7, 11) is -3.03. The molecule has 1 unspecified atom stereocenters. The second-order valence-electron chi connectivity index (χ2n) is 4.88. The predicted octanol–water partition coefficient (Wildman–Crippen LogP) is 0.231. The molecule has 2 heterocycles. The number of sulfone groups is 1. The number of hydrogen-bond donors (Lipinski definition) is 1. The van der Waals surface area contributed by atoms with Crippen LogP contribution in [0.4, 0.5) is 5.82 Å². The molecule has 0 spiro atoms. The summed E-state index contributed by atoms with van der Waals surface area (Å²) in [6.45, 7) is 3.73. The van der Waals surface area contributed by atoms with E-state index in [1.54, 1.807) is 24.8 Å². The molecule has 1 fully saturated rings. The van der Waals surface area contributed by atoms with Crippen LogP contribution in [0, 0.1) is 6.92 Å². The van der Waals surface area contributed by atoms with E-state index in [0.29, 0.717) is 17.1 Å². The molecule has 0 aromatic carbocycles. The van der Waals surface area contributed by atoms with Gasteiger partial charge in [0.15, 0.2) is 9.84 Å². The van der Waals surface area contributed by atoms with E-state index in [4.69, 9.17) is 5.73 Å². The van der Waals surface area contributed by atoms with Gasteiger partial charge < -0.3 is 10.6 Å². The lowest BCUT2D eigenvalue weighted by Gasteiger charge is -2.33. The smallest absolute Gasteiger partial charge is 0.254 e. The molecule has 2 rings (SSSR count). The maximum absolute atomic E-state index is 12.4. The van der Waals surface area contributed by atoms with Crippen LogP contribution in [0.15, 0.2) is 12.1 Å². The number of rotatable bonds is 1. The first-order chi connectivity index (χ1) is 8.78. The SMILES string of the molecule is Cc1cc(C(=O)N2CCS(=O)(=O)CC2C)cc(N)n1. The van der Waals surface area contributed by atoms with Crippen molar-refractivity contribution in [2.45, 2.75) is 19.9 Å². The lowest BCUT2D eigenvalue weighted by atomic mass is 10.1. The van der Waals surface area contributed by atoms with Gasteiger partial charge in [-0.05, 0) is 26.0 Å². The van der Waals surface area contributed by atoms with E-state index in [1.807, 2.05) is 0 Å². The minimum Gasteiger partial charge on any atom is -0.384 e. The van der Waals surface area contributed by atoms with Gasteiger partial charge in [-0.2, -0.15) is 0 Å². The monoisotopic (exact) mass is 283 g/mol. The van der Waals surface area contributed by atoms with Gasteiger partial charge in [0, 0.05) is 23.8 Å². The Morgan fingerprint density at radius 3 is 2.74 bits per heavy atom. The van der Waals surface area contributed by atoms with E-state index < -0.39 is 9.84 Å². The number of carbonyl (C=O) groups is 1. The van der Waals surface area contributed by atoms with Gasteiger partial charge in [-0.15, -0.1) is 0 Å². The minimum atomic E-state index is -3.03. The van der Waals surface area contributed by atoms with Crippen LogP contribution in [0.5, 0.6) is 0 Å². The molecule has 19 heavy (non-hydrogen) atoms. The number of nitrogens with two attached hydrogens (primary N) is 1. The lowest BCUT2D eigenvalue weighted by molar-refractivity contribution is 0.0712. The Hall–Kier alpha value is -1.63. The summed E-state index contributed by atoms with van der Waals surface area (Å²) >= 11 is 0. The number of aryl methyl sites for hydroxylation is 1. The molecule has 1 aromatic heterocycles. The third-order valence-electron chi connectivity index (χ3n) is 3.15. The van der Waals surface area contributed by atoms with Crippen LogP contribution in [0.1, 0.15) is 23.0 Å². The largest absolute Gasteiger partial charge is 0.384 e. The van der Waals surface area contributed by atoms with Crippen LogP contribution in [0.3, 0.4) is 0 Å². The Kier molecular flexibility index (Phi) is 3.49. The van der Waals surface area contributed by atoms with Gasteiger partial charge >= 0.3 is 0 Å². The van der Waals surface area contributed by atoms with E-state index in [1.165, 1.54) is 6.07 Å². The number of nitrogens with zero attached hydrogens (tertiary/aromatic N) is 2. The second kappa shape index (κ2) is 4.80. The number of pyridine rings is 1. The molecular weight excluding hydrogens is 266 g/mol. The first-order valence-electron chi connectivity index (χ1n) is 6.04. The van der Waals surface area contributed by atoms with Gasteiger partial charge in [0.1, 0.15) is 5.82 Å². The molecule has 1 atom stereocenters. The van der Waals surface area contributed by atoms with Crippen molar-refractivity contribution in [3.8, 4) is 0 Å². The third-order valence-corrected chi connectivity index (χ3v) is 4.95. The maximum atomic E-state index is 12.4. The fourth-order valence-electron chi connectivity index (χ4n) is 2.28. The van der Waals surface area contributed by atoms with Crippen LogP contribution < -0.4 is 5.73 Å².